The summed E-state index contributed by atoms with van der Waals surface area (Å²) >= 11 is 3.34. The van der Waals surface area contributed by atoms with Crippen molar-refractivity contribution >= 4 is 15.9 Å². The van der Waals surface area contributed by atoms with Crippen LogP contribution in [0.4, 0.5) is 8.78 Å². The quantitative estimate of drug-likeness (QED) is 0.876. The fraction of sp³-hybridized carbons (Fsp3) is 0.455. The SMILES string of the molecule is COc1cc(CNCC(F)F)cc(Br)c1OC. The van der Waals surface area contributed by atoms with Crippen molar-refractivity contribution in [3.63, 3.8) is 0 Å². The predicted molar refractivity (Wildman–Crippen MR) is 65.0 cm³/mol. The van der Waals surface area contributed by atoms with Crippen molar-refractivity contribution in [2.75, 3.05) is 20.8 Å². The molecule has 0 amide bonds. The summed E-state index contributed by atoms with van der Waals surface area (Å²) in [6.07, 6.45) is -2.35. The lowest BCUT2D eigenvalue weighted by Crippen LogP contribution is -2.20. The highest BCUT2D eigenvalue weighted by molar-refractivity contribution is 9.10. The highest BCUT2D eigenvalue weighted by atomic mass is 79.9. The van der Waals surface area contributed by atoms with Crippen molar-refractivity contribution in [1.82, 2.24) is 5.32 Å². The van der Waals surface area contributed by atoms with Crippen LogP contribution in [0.1, 0.15) is 5.56 Å². The number of halogens is 3. The summed E-state index contributed by atoms with van der Waals surface area (Å²) in [5.41, 5.74) is 0.843. The van der Waals surface area contributed by atoms with E-state index >= 15 is 0 Å². The van der Waals surface area contributed by atoms with Gasteiger partial charge in [0.1, 0.15) is 0 Å². The minimum Gasteiger partial charge on any atom is -0.493 e. The standard InChI is InChI=1S/C11H14BrF2NO2/c1-16-9-4-7(5-15-6-10(13)14)3-8(12)11(9)17-2/h3-4,10,15H,5-6H2,1-2H3. The zero-order chi connectivity index (χ0) is 12.8. The lowest BCUT2D eigenvalue weighted by molar-refractivity contribution is 0.145. The highest BCUT2D eigenvalue weighted by Crippen LogP contribution is 2.36. The molecule has 0 spiro atoms. The van der Waals surface area contributed by atoms with E-state index in [1.54, 1.807) is 12.1 Å². The molecule has 0 fully saturated rings. The van der Waals surface area contributed by atoms with Crippen LogP contribution in [-0.2, 0) is 6.54 Å². The number of hydrogen-bond acceptors (Lipinski definition) is 3. The van der Waals surface area contributed by atoms with Crippen LogP contribution in [0, 0.1) is 0 Å². The average molecular weight is 310 g/mol. The number of methoxy groups -OCH3 is 2. The van der Waals surface area contributed by atoms with E-state index in [1.807, 2.05) is 0 Å². The summed E-state index contributed by atoms with van der Waals surface area (Å²) in [5.74, 6) is 1.15. The first-order valence-electron chi connectivity index (χ1n) is 4.97. The Morgan fingerprint density at radius 2 is 2.00 bits per heavy atom. The zero-order valence-corrected chi connectivity index (χ0v) is 11.2. The van der Waals surface area contributed by atoms with Gasteiger partial charge in [-0.15, -0.1) is 0 Å². The van der Waals surface area contributed by atoms with Crippen LogP contribution in [0.5, 0.6) is 11.5 Å². The lowest BCUT2D eigenvalue weighted by atomic mass is 10.2. The molecule has 3 nitrogen and oxygen atoms in total. The molecular formula is C11H14BrF2NO2. The van der Waals surface area contributed by atoms with Crippen molar-refractivity contribution in [2.24, 2.45) is 0 Å². The van der Waals surface area contributed by atoms with E-state index in [1.165, 1.54) is 14.2 Å². The number of ether oxygens (including phenoxy) is 2. The molecule has 0 bridgehead atoms. The van der Waals surface area contributed by atoms with Crippen molar-refractivity contribution < 1.29 is 18.3 Å². The van der Waals surface area contributed by atoms with E-state index in [-0.39, 0.29) is 6.54 Å². The number of benzene rings is 1. The third-order valence-corrected chi connectivity index (χ3v) is 2.71. The second kappa shape index (κ2) is 6.76. The third kappa shape index (κ3) is 4.12. The van der Waals surface area contributed by atoms with Gasteiger partial charge in [-0.2, -0.15) is 0 Å². The Balaban J connectivity index is 2.77. The van der Waals surface area contributed by atoms with Gasteiger partial charge in [0.05, 0.1) is 25.2 Å². The Bertz CT molecular complexity index is 375. The van der Waals surface area contributed by atoms with Crippen LogP contribution in [-0.4, -0.2) is 27.2 Å². The van der Waals surface area contributed by atoms with Gasteiger partial charge in [0.15, 0.2) is 11.5 Å². The van der Waals surface area contributed by atoms with Gasteiger partial charge in [-0.25, -0.2) is 8.78 Å². The molecule has 6 heteroatoms. The number of alkyl halides is 2. The largest absolute Gasteiger partial charge is 0.493 e. The first-order valence-corrected chi connectivity index (χ1v) is 5.77. The van der Waals surface area contributed by atoms with Crippen molar-refractivity contribution in [2.45, 2.75) is 13.0 Å². The minimum absolute atomic E-state index is 0.327. The van der Waals surface area contributed by atoms with E-state index in [0.717, 1.165) is 10.0 Å². The molecule has 0 unspecified atom stereocenters. The van der Waals surface area contributed by atoms with Crippen LogP contribution < -0.4 is 14.8 Å². The summed E-state index contributed by atoms with van der Waals surface area (Å²) in [6, 6.07) is 3.56. The van der Waals surface area contributed by atoms with E-state index in [2.05, 4.69) is 21.2 Å². The van der Waals surface area contributed by atoms with E-state index in [0.29, 0.717) is 18.0 Å². The molecule has 0 aliphatic carbocycles. The summed E-state index contributed by atoms with van der Waals surface area (Å²) in [4.78, 5) is 0. The molecule has 0 atom stereocenters. The Hall–Kier alpha value is -0.880. The molecule has 96 valence electrons. The van der Waals surface area contributed by atoms with Crippen LogP contribution in [0.3, 0.4) is 0 Å². The van der Waals surface area contributed by atoms with Gasteiger partial charge in [0.25, 0.3) is 6.43 Å². The van der Waals surface area contributed by atoms with Crippen LogP contribution in [0.25, 0.3) is 0 Å². The van der Waals surface area contributed by atoms with E-state index in [9.17, 15) is 8.78 Å². The Morgan fingerprint density at radius 1 is 1.29 bits per heavy atom. The molecule has 0 aliphatic rings. The number of hydrogen-bond donors (Lipinski definition) is 1. The topological polar surface area (TPSA) is 30.5 Å². The normalized spacial score (nSPS) is 10.7. The minimum atomic E-state index is -2.35. The number of rotatable bonds is 6. The average Bonchev–Trinajstić information content (AvgIpc) is 2.27. The van der Waals surface area contributed by atoms with Crippen LogP contribution in [0.2, 0.25) is 0 Å². The molecule has 1 rings (SSSR count). The summed E-state index contributed by atoms with van der Waals surface area (Å²) < 4.78 is 35.0. The Labute approximate surface area is 107 Å². The summed E-state index contributed by atoms with van der Waals surface area (Å²) in [7, 11) is 3.07. The molecule has 0 aromatic heterocycles. The molecular weight excluding hydrogens is 296 g/mol. The van der Waals surface area contributed by atoms with Crippen molar-refractivity contribution in [3.05, 3.63) is 22.2 Å². The fourth-order valence-corrected chi connectivity index (χ4v) is 2.05. The second-order valence-electron chi connectivity index (χ2n) is 3.34. The van der Waals surface area contributed by atoms with E-state index < -0.39 is 6.43 Å². The summed E-state index contributed by atoms with van der Waals surface area (Å²) in [6.45, 7) is 0.0231. The molecule has 0 aliphatic heterocycles. The van der Waals surface area contributed by atoms with Gasteiger partial charge in [-0.05, 0) is 33.6 Å². The third-order valence-electron chi connectivity index (χ3n) is 2.12. The fourth-order valence-electron chi connectivity index (χ4n) is 1.40. The Kier molecular flexibility index (Phi) is 5.64. The molecule has 0 saturated carbocycles. The van der Waals surface area contributed by atoms with Gasteiger partial charge < -0.3 is 14.8 Å². The van der Waals surface area contributed by atoms with Gasteiger partial charge >= 0.3 is 0 Å². The lowest BCUT2D eigenvalue weighted by Gasteiger charge is -2.12. The molecule has 0 heterocycles. The van der Waals surface area contributed by atoms with Gasteiger partial charge in [0, 0.05) is 6.54 Å². The maximum absolute atomic E-state index is 12.0. The molecule has 0 saturated heterocycles. The number of nitrogens with one attached hydrogen (secondary N) is 1. The smallest absolute Gasteiger partial charge is 0.250 e. The molecule has 1 aromatic rings. The monoisotopic (exact) mass is 309 g/mol. The van der Waals surface area contributed by atoms with Gasteiger partial charge in [-0.3, -0.25) is 0 Å². The van der Waals surface area contributed by atoms with Crippen molar-refractivity contribution in [1.29, 1.82) is 0 Å². The molecule has 1 aromatic carbocycles. The second-order valence-corrected chi connectivity index (χ2v) is 4.19. The molecule has 17 heavy (non-hydrogen) atoms. The van der Waals surface area contributed by atoms with Gasteiger partial charge in [-0.1, -0.05) is 0 Å². The van der Waals surface area contributed by atoms with Crippen LogP contribution in [0.15, 0.2) is 16.6 Å². The summed E-state index contributed by atoms with van der Waals surface area (Å²) in [5, 5.41) is 2.65. The molecule has 1 N–H and O–H groups in total. The van der Waals surface area contributed by atoms with Gasteiger partial charge in [0.2, 0.25) is 0 Å². The first kappa shape index (κ1) is 14.2. The Morgan fingerprint density at radius 3 is 2.53 bits per heavy atom. The van der Waals surface area contributed by atoms with E-state index in [4.69, 9.17) is 9.47 Å². The zero-order valence-electron chi connectivity index (χ0n) is 9.60. The highest BCUT2D eigenvalue weighted by Gasteiger charge is 2.10. The van der Waals surface area contributed by atoms with Crippen LogP contribution >= 0.6 is 15.9 Å². The molecule has 0 radical (unpaired) electrons. The maximum atomic E-state index is 12.0. The maximum Gasteiger partial charge on any atom is 0.250 e. The van der Waals surface area contributed by atoms with Crippen molar-refractivity contribution in [3.8, 4) is 11.5 Å². The predicted octanol–water partition coefficient (Wildman–Crippen LogP) is 2.82. The first-order chi connectivity index (χ1) is 8.08.